The number of nitrogens with zero attached hydrogens (tertiary/aromatic N) is 2. The van der Waals surface area contributed by atoms with Crippen LogP contribution in [-0.4, -0.2) is 88.6 Å². The lowest BCUT2D eigenvalue weighted by molar-refractivity contribution is -0.145. The summed E-state index contributed by atoms with van der Waals surface area (Å²) in [5.41, 5.74) is 21.4. The number of likely N-dealkylation sites (tertiary alicyclic amines) is 1. The topological polar surface area (TPSA) is 249 Å². The zero-order chi connectivity index (χ0) is 25.8. The van der Waals surface area contributed by atoms with Crippen molar-refractivity contribution in [2.75, 3.05) is 18.8 Å². The highest BCUT2D eigenvalue weighted by Gasteiger charge is 2.39. The maximum atomic E-state index is 13.3. The maximum absolute atomic E-state index is 13.3. The number of primary amides is 1. The molecule has 0 aromatic carbocycles. The molecule has 15 heteroatoms. The molecule has 4 unspecified atom stereocenters. The first-order chi connectivity index (χ1) is 16.0. The van der Waals surface area contributed by atoms with Crippen molar-refractivity contribution in [2.45, 2.75) is 62.7 Å². The molecule has 0 spiro atoms. The quantitative estimate of drug-likeness (QED) is 0.0509. The molecule has 34 heavy (non-hydrogen) atoms. The Balaban J connectivity index is 2.95. The van der Waals surface area contributed by atoms with Crippen molar-refractivity contribution in [3.8, 4) is 0 Å². The molecule has 1 heterocycles. The molecule has 4 atom stereocenters. The van der Waals surface area contributed by atoms with Crippen molar-refractivity contribution in [3.05, 3.63) is 0 Å². The van der Waals surface area contributed by atoms with E-state index in [1.165, 1.54) is 4.90 Å². The third-order valence-corrected chi connectivity index (χ3v) is 5.62. The molecule has 0 saturated carbocycles. The number of hydrogen-bond donors (Lipinski definition) is 8. The summed E-state index contributed by atoms with van der Waals surface area (Å²) in [5.74, 6) is -3.81. The van der Waals surface area contributed by atoms with E-state index in [1.54, 1.807) is 0 Å². The third-order valence-electron chi connectivity index (χ3n) is 5.23. The Morgan fingerprint density at radius 3 is 2.32 bits per heavy atom. The number of carbonyl (C=O) groups excluding carboxylic acids is 4. The second-order valence-electron chi connectivity index (χ2n) is 7.89. The molecule has 1 saturated heterocycles. The van der Waals surface area contributed by atoms with Crippen LogP contribution in [-0.2, 0) is 24.0 Å². The van der Waals surface area contributed by atoms with E-state index in [1.807, 2.05) is 0 Å². The molecule has 4 amide bonds. The van der Waals surface area contributed by atoms with Gasteiger partial charge in [-0.1, -0.05) is 0 Å². The van der Waals surface area contributed by atoms with Gasteiger partial charge in [-0.15, -0.1) is 0 Å². The average molecular weight is 503 g/mol. The monoisotopic (exact) mass is 502 g/mol. The number of aliphatic carboxylic acids is 1. The summed E-state index contributed by atoms with van der Waals surface area (Å²) in [6.45, 7) is 0.472. The van der Waals surface area contributed by atoms with Crippen molar-refractivity contribution >= 4 is 48.2 Å². The fourth-order valence-electron chi connectivity index (χ4n) is 3.44. The molecule has 1 aliphatic rings. The number of amides is 4. The van der Waals surface area contributed by atoms with Crippen LogP contribution in [0.15, 0.2) is 4.99 Å². The van der Waals surface area contributed by atoms with Crippen LogP contribution in [0.2, 0.25) is 0 Å². The molecule has 0 aliphatic carbocycles. The van der Waals surface area contributed by atoms with Gasteiger partial charge in [0.05, 0.1) is 6.04 Å². The van der Waals surface area contributed by atoms with Crippen molar-refractivity contribution < 1.29 is 29.1 Å². The summed E-state index contributed by atoms with van der Waals surface area (Å²) < 4.78 is 0. The van der Waals surface area contributed by atoms with Crippen LogP contribution in [0.25, 0.3) is 0 Å². The summed E-state index contributed by atoms with van der Waals surface area (Å²) >= 11 is 3.99. The number of aliphatic imine (C=N–C) groups is 1. The lowest BCUT2D eigenvalue weighted by atomic mass is 10.1. The van der Waals surface area contributed by atoms with Gasteiger partial charge in [0.25, 0.3) is 0 Å². The lowest BCUT2D eigenvalue weighted by Crippen LogP contribution is -2.57. The molecule has 0 aromatic heterocycles. The number of carboxylic acid groups (broad SMARTS) is 1. The minimum atomic E-state index is -1.33. The van der Waals surface area contributed by atoms with E-state index in [-0.39, 0.29) is 44.1 Å². The SMILES string of the molecule is NC(=O)CCC(NC(=O)C1CCCN1C(=O)C(CCCN=C(N)N)NC(=O)C(N)CS)C(=O)O. The fourth-order valence-corrected chi connectivity index (χ4v) is 3.60. The van der Waals surface area contributed by atoms with E-state index in [0.717, 1.165) is 0 Å². The van der Waals surface area contributed by atoms with Crippen molar-refractivity contribution in [2.24, 2.45) is 27.9 Å². The van der Waals surface area contributed by atoms with Gasteiger partial charge in [-0.25, -0.2) is 4.79 Å². The number of hydrogen-bond acceptors (Lipinski definition) is 8. The number of guanidine groups is 1. The van der Waals surface area contributed by atoms with Gasteiger partial charge < -0.3 is 43.6 Å². The van der Waals surface area contributed by atoms with Crippen LogP contribution < -0.4 is 33.6 Å². The van der Waals surface area contributed by atoms with Crippen molar-refractivity contribution in [1.29, 1.82) is 0 Å². The van der Waals surface area contributed by atoms with Gasteiger partial charge in [0.2, 0.25) is 23.6 Å². The van der Waals surface area contributed by atoms with Gasteiger partial charge in [0.15, 0.2) is 5.96 Å². The summed E-state index contributed by atoms with van der Waals surface area (Å²) in [7, 11) is 0. The number of nitrogens with one attached hydrogen (secondary N) is 2. The predicted octanol–water partition coefficient (Wildman–Crippen LogP) is -3.39. The van der Waals surface area contributed by atoms with Gasteiger partial charge >= 0.3 is 5.97 Å². The first-order valence-corrected chi connectivity index (χ1v) is 11.4. The second-order valence-corrected chi connectivity index (χ2v) is 8.26. The number of carboxylic acids is 1. The van der Waals surface area contributed by atoms with Gasteiger partial charge in [-0.3, -0.25) is 24.2 Å². The lowest BCUT2D eigenvalue weighted by Gasteiger charge is -2.30. The average Bonchev–Trinajstić information content (AvgIpc) is 3.26. The fraction of sp³-hybridized carbons (Fsp3) is 0.684. The van der Waals surface area contributed by atoms with Gasteiger partial charge in [0, 0.05) is 25.3 Å². The normalized spacial score (nSPS) is 17.8. The molecular formula is C19H34N8O6S. The van der Waals surface area contributed by atoms with Crippen LogP contribution in [0, 0.1) is 0 Å². The number of carbonyl (C=O) groups is 5. The first kappa shape index (κ1) is 29.0. The summed E-state index contributed by atoms with van der Waals surface area (Å²) in [4.78, 5) is 66.0. The van der Waals surface area contributed by atoms with Crippen LogP contribution in [0.1, 0.15) is 38.5 Å². The van der Waals surface area contributed by atoms with Crippen LogP contribution >= 0.6 is 12.6 Å². The standard InChI is InChI=1S/C19H34N8O6S/c20-10(9-34)15(29)25-11(3-1-7-24-19(22)23)17(31)27-8-2-4-13(27)16(30)26-12(18(32)33)5-6-14(21)28/h10-13,34H,1-9,20H2,(H2,21,28)(H,25,29)(H,26,30)(H,32,33)(H4,22,23,24). The predicted molar refractivity (Wildman–Crippen MR) is 126 cm³/mol. The Labute approximate surface area is 202 Å². The molecule has 1 fully saturated rings. The Morgan fingerprint density at radius 2 is 1.76 bits per heavy atom. The Kier molecular flexibility index (Phi) is 12.1. The molecule has 1 rings (SSSR count). The van der Waals surface area contributed by atoms with Gasteiger partial charge in [-0.05, 0) is 32.1 Å². The second kappa shape index (κ2) is 14.2. The molecule has 0 aromatic rings. The minimum absolute atomic E-state index is 0.0668. The summed E-state index contributed by atoms with van der Waals surface area (Å²) in [6, 6.07) is -4.19. The summed E-state index contributed by atoms with van der Waals surface area (Å²) in [6.07, 6.45) is 0.964. The molecule has 11 N–H and O–H groups in total. The third kappa shape index (κ3) is 9.43. The van der Waals surface area contributed by atoms with Crippen LogP contribution in [0.4, 0.5) is 0 Å². The molecule has 192 valence electrons. The van der Waals surface area contributed by atoms with Gasteiger partial charge in [-0.2, -0.15) is 12.6 Å². The van der Waals surface area contributed by atoms with Crippen LogP contribution in [0.3, 0.4) is 0 Å². The smallest absolute Gasteiger partial charge is 0.326 e. The molecular weight excluding hydrogens is 468 g/mol. The van der Waals surface area contributed by atoms with E-state index < -0.39 is 53.8 Å². The number of nitrogens with two attached hydrogens (primary N) is 4. The number of rotatable bonds is 14. The van der Waals surface area contributed by atoms with Gasteiger partial charge in [0.1, 0.15) is 18.1 Å². The van der Waals surface area contributed by atoms with Crippen molar-refractivity contribution in [3.63, 3.8) is 0 Å². The van der Waals surface area contributed by atoms with Crippen molar-refractivity contribution in [1.82, 2.24) is 15.5 Å². The highest BCUT2D eigenvalue weighted by atomic mass is 32.1. The molecule has 14 nitrogen and oxygen atoms in total. The zero-order valence-electron chi connectivity index (χ0n) is 18.8. The first-order valence-electron chi connectivity index (χ1n) is 10.8. The maximum Gasteiger partial charge on any atom is 0.326 e. The Hall–Kier alpha value is -3.07. The summed E-state index contributed by atoms with van der Waals surface area (Å²) in [5, 5.41) is 14.3. The molecule has 1 aliphatic heterocycles. The van der Waals surface area contributed by atoms with Crippen LogP contribution in [0.5, 0.6) is 0 Å². The molecule has 0 radical (unpaired) electrons. The minimum Gasteiger partial charge on any atom is -0.480 e. The number of thiol groups is 1. The Morgan fingerprint density at radius 1 is 1.09 bits per heavy atom. The highest BCUT2D eigenvalue weighted by Crippen LogP contribution is 2.20. The van der Waals surface area contributed by atoms with E-state index in [9.17, 15) is 29.1 Å². The highest BCUT2D eigenvalue weighted by molar-refractivity contribution is 7.80. The largest absolute Gasteiger partial charge is 0.480 e. The zero-order valence-corrected chi connectivity index (χ0v) is 19.7. The van der Waals surface area contributed by atoms with E-state index in [0.29, 0.717) is 19.3 Å². The molecule has 0 bridgehead atoms. The van der Waals surface area contributed by atoms with E-state index >= 15 is 0 Å². The van der Waals surface area contributed by atoms with E-state index in [4.69, 9.17) is 22.9 Å². The Bertz CT molecular complexity index is 791. The van der Waals surface area contributed by atoms with E-state index in [2.05, 4.69) is 28.3 Å².